The van der Waals surface area contributed by atoms with Gasteiger partial charge >= 0.3 is 0 Å². The molecule has 0 radical (unpaired) electrons. The molecule has 0 aromatic heterocycles. The van der Waals surface area contributed by atoms with Crippen molar-refractivity contribution in [2.45, 2.75) is 13.8 Å². The van der Waals surface area contributed by atoms with Gasteiger partial charge in [-0.2, -0.15) is 0 Å². The van der Waals surface area contributed by atoms with Gasteiger partial charge in [0, 0.05) is 6.61 Å². The van der Waals surface area contributed by atoms with E-state index in [0.717, 1.165) is 0 Å². The van der Waals surface area contributed by atoms with Gasteiger partial charge in [-0.25, -0.2) is 0 Å². The Bertz CT molecular complexity index is 82.3. The highest BCUT2D eigenvalue weighted by molar-refractivity contribution is 5.53. The van der Waals surface area contributed by atoms with E-state index < -0.39 is 6.16 Å². The molecule has 0 aliphatic heterocycles. The first-order valence-electron chi connectivity index (χ1n) is 2.46. The number of hydrogen-bond donors (Lipinski definition) is 0. The Labute approximate surface area is 60.4 Å². The lowest BCUT2D eigenvalue weighted by Crippen LogP contribution is -3.00. The van der Waals surface area contributed by atoms with Crippen molar-refractivity contribution in [2.75, 3.05) is 6.61 Å². The van der Waals surface area contributed by atoms with Crippen LogP contribution >= 0.6 is 0 Å². The van der Waals surface area contributed by atoms with E-state index in [4.69, 9.17) is 0 Å². The molecule has 0 bridgehead atoms. The lowest BCUT2D eigenvalue weighted by Gasteiger charge is -2.09. The Balaban J connectivity index is 0. The molecule has 0 aromatic rings. The van der Waals surface area contributed by atoms with Gasteiger partial charge in [-0.3, -0.25) is 0 Å². The third kappa shape index (κ3) is 11.2. The molecule has 0 fully saturated rings. The molecule has 0 aliphatic rings. The van der Waals surface area contributed by atoms with Crippen molar-refractivity contribution < 1.29 is 27.0 Å². The van der Waals surface area contributed by atoms with E-state index >= 15 is 0 Å². The molecule has 0 saturated carbocycles. The molecule has 0 aromatic carbocycles. The number of rotatable bonds is 2. The van der Waals surface area contributed by atoms with Crippen molar-refractivity contribution in [2.24, 2.45) is 5.92 Å². The standard InChI is InChI=1S/C5H10O3.ClH/c1-4(2)3-8-5(6)7;/h4H,3H2,1-2H3,(H,6,7);1H/p-2. The number of carbonyl (C=O) groups is 1. The summed E-state index contributed by atoms with van der Waals surface area (Å²) in [4.78, 5) is 9.57. The van der Waals surface area contributed by atoms with Crippen LogP contribution < -0.4 is 17.5 Å². The molecule has 0 unspecified atom stereocenters. The Morgan fingerprint density at radius 1 is 1.67 bits per heavy atom. The van der Waals surface area contributed by atoms with Crippen LogP contribution in [0.4, 0.5) is 4.79 Å². The van der Waals surface area contributed by atoms with Gasteiger partial charge in [0.25, 0.3) is 6.16 Å². The lowest BCUT2D eigenvalue weighted by molar-refractivity contribution is -0.283. The summed E-state index contributed by atoms with van der Waals surface area (Å²) in [5.74, 6) is 0.243. The third-order valence-corrected chi connectivity index (χ3v) is 0.535. The first-order valence-corrected chi connectivity index (χ1v) is 2.46. The molecular weight excluding hydrogens is 144 g/mol. The minimum atomic E-state index is -1.45. The fourth-order valence-corrected chi connectivity index (χ4v) is 0.235. The van der Waals surface area contributed by atoms with Crippen LogP contribution in [0.3, 0.4) is 0 Å². The Morgan fingerprint density at radius 2 is 2.11 bits per heavy atom. The number of ether oxygens (including phenoxy) is 1. The van der Waals surface area contributed by atoms with E-state index in [-0.39, 0.29) is 24.9 Å². The predicted molar refractivity (Wildman–Crippen MR) is 26.2 cm³/mol. The molecule has 0 aliphatic carbocycles. The number of hydrogen-bond acceptors (Lipinski definition) is 3. The smallest absolute Gasteiger partial charge is 0.251 e. The van der Waals surface area contributed by atoms with E-state index in [9.17, 15) is 9.90 Å². The minimum Gasteiger partial charge on any atom is -1.00 e. The minimum absolute atomic E-state index is 0. The van der Waals surface area contributed by atoms with E-state index in [2.05, 4.69) is 4.74 Å². The second-order valence-corrected chi connectivity index (χ2v) is 1.95. The summed E-state index contributed by atoms with van der Waals surface area (Å²) in [5.41, 5.74) is 0. The zero-order chi connectivity index (χ0) is 6.57. The largest absolute Gasteiger partial charge is 1.00 e. The van der Waals surface area contributed by atoms with Crippen LogP contribution in [-0.2, 0) is 4.74 Å². The molecule has 0 amide bonds. The van der Waals surface area contributed by atoms with Crippen LogP contribution in [0.5, 0.6) is 0 Å². The monoisotopic (exact) mass is 152 g/mol. The molecule has 9 heavy (non-hydrogen) atoms. The molecule has 3 nitrogen and oxygen atoms in total. The SMILES string of the molecule is CC(C)COC(=O)[O-].[Cl-]. The molecule has 0 spiro atoms. The Kier molecular flexibility index (Phi) is 7.19. The second-order valence-electron chi connectivity index (χ2n) is 1.95. The van der Waals surface area contributed by atoms with Crippen molar-refractivity contribution in [3.63, 3.8) is 0 Å². The van der Waals surface area contributed by atoms with Crippen LogP contribution in [0, 0.1) is 5.92 Å². The molecule has 4 heteroatoms. The van der Waals surface area contributed by atoms with Crippen molar-refractivity contribution in [3.8, 4) is 0 Å². The topological polar surface area (TPSA) is 49.4 Å². The van der Waals surface area contributed by atoms with Crippen molar-refractivity contribution in [1.29, 1.82) is 0 Å². The van der Waals surface area contributed by atoms with E-state index in [1.807, 2.05) is 13.8 Å². The summed E-state index contributed by atoms with van der Waals surface area (Å²) < 4.78 is 4.11. The summed E-state index contributed by atoms with van der Waals surface area (Å²) in [5, 5.41) is 9.57. The van der Waals surface area contributed by atoms with Gasteiger partial charge in [-0.1, -0.05) is 13.8 Å². The summed E-state index contributed by atoms with van der Waals surface area (Å²) in [6, 6.07) is 0. The van der Waals surface area contributed by atoms with Gasteiger partial charge in [0.15, 0.2) is 0 Å². The van der Waals surface area contributed by atoms with E-state index in [0.29, 0.717) is 0 Å². The van der Waals surface area contributed by atoms with E-state index in [1.165, 1.54) is 0 Å². The third-order valence-electron chi connectivity index (χ3n) is 0.535. The van der Waals surface area contributed by atoms with Crippen molar-refractivity contribution >= 4 is 6.16 Å². The Hall–Kier alpha value is -0.440. The average Bonchev–Trinajstić information content (AvgIpc) is 1.61. The Morgan fingerprint density at radius 3 is 2.22 bits per heavy atom. The summed E-state index contributed by atoms with van der Waals surface area (Å²) in [6.07, 6.45) is -1.45. The van der Waals surface area contributed by atoms with Crippen molar-refractivity contribution in [3.05, 3.63) is 0 Å². The highest BCUT2D eigenvalue weighted by atomic mass is 35.5. The summed E-state index contributed by atoms with van der Waals surface area (Å²) in [6.45, 7) is 3.95. The lowest BCUT2D eigenvalue weighted by atomic mass is 10.2. The molecule has 0 rings (SSSR count). The molecule has 56 valence electrons. The van der Waals surface area contributed by atoms with Crippen LogP contribution in [0.25, 0.3) is 0 Å². The molecule has 0 saturated heterocycles. The van der Waals surface area contributed by atoms with Gasteiger partial charge in [-0.15, -0.1) is 0 Å². The maximum Gasteiger partial charge on any atom is 0.251 e. The highest BCUT2D eigenvalue weighted by Gasteiger charge is 1.88. The van der Waals surface area contributed by atoms with Crippen molar-refractivity contribution in [1.82, 2.24) is 0 Å². The summed E-state index contributed by atoms with van der Waals surface area (Å²) in [7, 11) is 0. The first kappa shape index (κ1) is 11.4. The maximum atomic E-state index is 9.57. The number of carboxylic acid groups (broad SMARTS) is 1. The van der Waals surface area contributed by atoms with Gasteiger partial charge < -0.3 is 27.0 Å². The van der Waals surface area contributed by atoms with Crippen LogP contribution in [0.1, 0.15) is 13.8 Å². The molecule has 0 heterocycles. The molecule has 0 atom stereocenters. The highest BCUT2D eigenvalue weighted by Crippen LogP contribution is 1.90. The van der Waals surface area contributed by atoms with Gasteiger partial charge in [0.1, 0.15) is 0 Å². The van der Waals surface area contributed by atoms with E-state index in [1.54, 1.807) is 0 Å². The zero-order valence-electron chi connectivity index (χ0n) is 5.39. The van der Waals surface area contributed by atoms with Gasteiger partial charge in [0.05, 0.1) is 0 Å². The quantitative estimate of drug-likeness (QED) is 0.397. The maximum absolute atomic E-state index is 9.57. The zero-order valence-corrected chi connectivity index (χ0v) is 6.14. The predicted octanol–water partition coefficient (Wildman–Crippen LogP) is -2.99. The fraction of sp³-hybridized carbons (Fsp3) is 0.800. The second kappa shape index (κ2) is 5.69. The summed E-state index contributed by atoms with van der Waals surface area (Å²) >= 11 is 0. The number of halogens is 1. The van der Waals surface area contributed by atoms with Gasteiger partial charge in [0.2, 0.25) is 0 Å². The van der Waals surface area contributed by atoms with Gasteiger partial charge in [-0.05, 0) is 5.92 Å². The average molecular weight is 153 g/mol. The fourth-order valence-electron chi connectivity index (χ4n) is 0.235. The molecule has 0 N–H and O–H groups in total. The van der Waals surface area contributed by atoms with Crippen LogP contribution in [0.2, 0.25) is 0 Å². The normalized spacial score (nSPS) is 8.33. The van der Waals surface area contributed by atoms with Crippen LogP contribution in [0.15, 0.2) is 0 Å². The van der Waals surface area contributed by atoms with Crippen LogP contribution in [-0.4, -0.2) is 12.8 Å². The number of carbonyl (C=O) groups excluding carboxylic acids is 1. The first-order chi connectivity index (χ1) is 3.63. The molecular formula is C5H9ClO3-2.